The zero-order valence-electron chi connectivity index (χ0n) is 35.9. The number of piperidine rings is 1. The van der Waals surface area contributed by atoms with Gasteiger partial charge in [0.2, 0.25) is 11.8 Å². The Kier molecular flexibility index (Phi) is 12.0. The van der Waals surface area contributed by atoms with Crippen molar-refractivity contribution in [3.63, 3.8) is 0 Å². The molecule has 3 aliphatic carbocycles. The molecular weight excluding hydrogens is 848 g/mol. The summed E-state index contributed by atoms with van der Waals surface area (Å²) in [5, 5.41) is 9.40. The van der Waals surface area contributed by atoms with Gasteiger partial charge in [0.1, 0.15) is 23.2 Å². The Bertz CT molecular complexity index is 2490. The lowest BCUT2D eigenvalue weighted by molar-refractivity contribution is -0.141. The van der Waals surface area contributed by atoms with Crippen molar-refractivity contribution in [2.24, 2.45) is 17.3 Å². The van der Waals surface area contributed by atoms with Crippen LogP contribution >= 0.6 is 11.3 Å². The van der Waals surface area contributed by atoms with Crippen LogP contribution in [0.25, 0.3) is 10.2 Å². The highest BCUT2D eigenvalue weighted by Gasteiger charge is 2.47. The number of thiazole rings is 1. The van der Waals surface area contributed by atoms with Crippen molar-refractivity contribution < 1.29 is 41.9 Å². The smallest absolute Gasteiger partial charge is 0.433 e. The number of carbonyl (C=O) groups excluding carboxylic acids is 5. The van der Waals surface area contributed by atoms with Crippen molar-refractivity contribution in [3.05, 3.63) is 76.1 Å². The lowest BCUT2D eigenvalue weighted by atomic mass is 9.54. The molecule has 4 aromatic rings. The van der Waals surface area contributed by atoms with E-state index >= 15 is 0 Å². The van der Waals surface area contributed by atoms with Crippen LogP contribution in [0.5, 0.6) is 5.75 Å². The minimum atomic E-state index is -4.66. The molecule has 9 rings (SSSR count). The van der Waals surface area contributed by atoms with Crippen molar-refractivity contribution in [1.29, 1.82) is 0 Å². The molecule has 0 radical (unpaired) electrons. The number of rotatable bonds is 12. The number of fused-ring (bicyclic) bond motifs is 2. The molecule has 2 aromatic carbocycles. The number of ether oxygens (including phenoxy) is 1. The van der Waals surface area contributed by atoms with Crippen molar-refractivity contribution >= 4 is 62.5 Å². The largest absolute Gasteiger partial charge is 0.494 e. The summed E-state index contributed by atoms with van der Waals surface area (Å²) in [5.41, 5.74) is 1.24. The van der Waals surface area contributed by atoms with Crippen molar-refractivity contribution in [3.8, 4) is 5.75 Å². The lowest BCUT2D eigenvalue weighted by Crippen LogP contribution is -2.54. The van der Waals surface area contributed by atoms with E-state index in [1.54, 1.807) is 35.6 Å². The fraction of sp³-hybridized carbons (Fsp3) is 0.511. The molecule has 1 spiro atoms. The summed E-state index contributed by atoms with van der Waals surface area (Å²) in [6.45, 7) is 1.77. The molecule has 64 heavy (non-hydrogen) atoms. The summed E-state index contributed by atoms with van der Waals surface area (Å²) >= 11 is 1.58. The number of anilines is 2. The molecular formula is C47H52F3N7O6S. The summed E-state index contributed by atoms with van der Waals surface area (Å²) in [7, 11) is 3.76. The number of hydrogen-bond donors (Lipinski definition) is 3. The van der Waals surface area contributed by atoms with Crippen LogP contribution in [-0.4, -0.2) is 88.6 Å². The molecule has 5 aliphatic rings. The topological polar surface area (TPSA) is 163 Å². The van der Waals surface area contributed by atoms with E-state index < -0.39 is 47.4 Å². The quantitative estimate of drug-likeness (QED) is 0.118. The number of nitrogens with one attached hydrogen (secondary N) is 3. The van der Waals surface area contributed by atoms with Gasteiger partial charge in [-0.25, -0.2) is 9.97 Å². The molecule has 4 fully saturated rings. The standard InChI is InChI=1S/C47H52F3N7O6S/c1-56(25-26-9-11-28(12-10-26)43-54-34-21-36(63-2)33(22-37(34)64-43)53-41(59)32-7-4-8-38(52-32)47(48,49)50)29-15-18-46(19-16-29)23-27(24-46)17-20-51-31-6-3-5-30-40(31)45(62)57(44(30)61)35-13-14-39(58)55-42(35)60/h3-8,21-22,26-29,35,51H,9-20,23-25H2,1-2H3,(H,53,59)(H,55,58,60). The summed E-state index contributed by atoms with van der Waals surface area (Å²) in [6.07, 6.45) is 8.21. The van der Waals surface area contributed by atoms with Gasteiger partial charge in [-0.3, -0.25) is 34.2 Å². The zero-order chi connectivity index (χ0) is 44.9. The Morgan fingerprint density at radius 1 is 0.938 bits per heavy atom. The van der Waals surface area contributed by atoms with Gasteiger partial charge in [0.05, 0.1) is 39.1 Å². The van der Waals surface area contributed by atoms with Gasteiger partial charge in [-0.05, 0) is 132 Å². The maximum absolute atomic E-state index is 13.5. The Balaban J connectivity index is 0.711. The average molecular weight is 900 g/mol. The van der Waals surface area contributed by atoms with E-state index in [1.807, 2.05) is 6.07 Å². The van der Waals surface area contributed by atoms with Gasteiger partial charge < -0.3 is 20.3 Å². The van der Waals surface area contributed by atoms with Crippen LogP contribution in [0.1, 0.15) is 131 Å². The van der Waals surface area contributed by atoms with Gasteiger partial charge in [0, 0.05) is 43.2 Å². The predicted molar refractivity (Wildman–Crippen MR) is 234 cm³/mol. The summed E-state index contributed by atoms with van der Waals surface area (Å²) in [6, 6.07) is 11.5. The third-order valence-electron chi connectivity index (χ3n) is 14.4. The van der Waals surface area contributed by atoms with E-state index in [0.717, 1.165) is 70.9 Å². The first kappa shape index (κ1) is 43.8. The molecule has 2 aromatic heterocycles. The normalized spacial score (nSPS) is 26.0. The van der Waals surface area contributed by atoms with Gasteiger partial charge in [-0.2, -0.15) is 13.2 Å². The number of nitrogens with zero attached hydrogens (tertiary/aromatic N) is 4. The highest BCUT2D eigenvalue weighted by molar-refractivity contribution is 7.18. The molecule has 3 N–H and O–H groups in total. The molecule has 17 heteroatoms. The molecule has 338 valence electrons. The zero-order valence-corrected chi connectivity index (χ0v) is 36.7. The first-order valence-electron chi connectivity index (χ1n) is 22.3. The number of alkyl halides is 3. The maximum atomic E-state index is 13.5. The van der Waals surface area contributed by atoms with E-state index in [4.69, 9.17) is 9.72 Å². The van der Waals surface area contributed by atoms with Gasteiger partial charge in [0.15, 0.2) is 0 Å². The molecule has 0 bridgehead atoms. The van der Waals surface area contributed by atoms with Crippen molar-refractivity contribution in [1.82, 2.24) is 25.1 Å². The van der Waals surface area contributed by atoms with Gasteiger partial charge in [-0.15, -0.1) is 11.3 Å². The van der Waals surface area contributed by atoms with Crippen LogP contribution in [0.2, 0.25) is 0 Å². The van der Waals surface area contributed by atoms with E-state index in [1.165, 1.54) is 51.7 Å². The first-order chi connectivity index (χ1) is 30.7. The number of methoxy groups -OCH3 is 1. The van der Waals surface area contributed by atoms with Crippen LogP contribution in [0.15, 0.2) is 48.5 Å². The maximum Gasteiger partial charge on any atom is 0.433 e. The third kappa shape index (κ3) is 8.72. The number of imide groups is 2. The highest BCUT2D eigenvalue weighted by Crippen LogP contribution is 2.56. The van der Waals surface area contributed by atoms with Crippen LogP contribution < -0.4 is 20.7 Å². The third-order valence-corrected chi connectivity index (χ3v) is 15.6. The van der Waals surface area contributed by atoms with E-state index in [2.05, 4.69) is 32.9 Å². The van der Waals surface area contributed by atoms with Crippen LogP contribution in [0.3, 0.4) is 0 Å². The fourth-order valence-electron chi connectivity index (χ4n) is 11.0. The minimum absolute atomic E-state index is 0.0843. The summed E-state index contributed by atoms with van der Waals surface area (Å²) in [5.74, 6) is -0.827. The van der Waals surface area contributed by atoms with E-state index in [-0.39, 0.29) is 24.1 Å². The van der Waals surface area contributed by atoms with Crippen molar-refractivity contribution in [2.45, 2.75) is 108 Å². The van der Waals surface area contributed by atoms with Crippen LogP contribution in [-0.2, 0) is 15.8 Å². The lowest BCUT2D eigenvalue weighted by Gasteiger charge is -2.53. The Morgan fingerprint density at radius 2 is 1.69 bits per heavy atom. The molecule has 13 nitrogen and oxygen atoms in total. The summed E-state index contributed by atoms with van der Waals surface area (Å²) in [4.78, 5) is 75.8. The molecule has 2 aliphatic heterocycles. The number of aromatic nitrogens is 2. The Labute approximate surface area is 372 Å². The predicted octanol–water partition coefficient (Wildman–Crippen LogP) is 8.42. The van der Waals surface area contributed by atoms with Crippen molar-refractivity contribution in [2.75, 3.05) is 37.9 Å². The average Bonchev–Trinajstić information content (AvgIpc) is 3.80. The number of amides is 5. The molecule has 1 atom stereocenters. The number of hydrogen-bond acceptors (Lipinski definition) is 11. The number of pyridine rings is 1. The molecule has 1 saturated heterocycles. The van der Waals surface area contributed by atoms with Gasteiger partial charge in [0.25, 0.3) is 17.7 Å². The monoisotopic (exact) mass is 899 g/mol. The van der Waals surface area contributed by atoms with E-state index in [9.17, 15) is 37.1 Å². The van der Waals surface area contributed by atoms with Gasteiger partial charge >= 0.3 is 6.18 Å². The molecule has 1 unspecified atom stereocenters. The number of halogens is 3. The van der Waals surface area contributed by atoms with Crippen LogP contribution in [0, 0.1) is 17.3 Å². The minimum Gasteiger partial charge on any atom is -0.494 e. The fourth-order valence-corrected chi connectivity index (χ4v) is 12.1. The second-order valence-corrected chi connectivity index (χ2v) is 19.5. The second kappa shape index (κ2) is 17.5. The molecule has 5 amide bonds. The molecule has 4 heterocycles. The Hall–Kier alpha value is -5.42. The Morgan fingerprint density at radius 3 is 2.41 bits per heavy atom. The SMILES string of the molecule is COc1cc2nc(C3CCC(CN(C)C4CCC5(CC4)CC(CCNc4cccc6c4C(=O)N(C4CCC(=O)NC4=O)C6=O)C5)CC3)sc2cc1NC(=O)c1cccc(C(F)(F)F)n1. The summed E-state index contributed by atoms with van der Waals surface area (Å²) < 4.78 is 46.0. The molecule has 3 saturated carbocycles. The first-order valence-corrected chi connectivity index (χ1v) is 23.1. The number of benzene rings is 2. The van der Waals surface area contributed by atoms with Crippen LogP contribution in [0.4, 0.5) is 24.5 Å². The second-order valence-electron chi connectivity index (χ2n) is 18.5. The highest BCUT2D eigenvalue weighted by atomic mass is 32.1. The van der Waals surface area contributed by atoms with Gasteiger partial charge in [-0.1, -0.05) is 12.1 Å². The van der Waals surface area contributed by atoms with E-state index in [0.29, 0.717) is 58.4 Å². The number of carbonyl (C=O) groups is 5.